The topological polar surface area (TPSA) is 95.9 Å². The minimum absolute atomic E-state index is 0. The molecule has 3 rings (SSSR count). The van der Waals surface area contributed by atoms with E-state index in [9.17, 15) is 18.1 Å². The number of fused-ring (bicyclic) bond motifs is 1. The van der Waals surface area contributed by atoms with Crippen molar-refractivity contribution in [3.05, 3.63) is 34.5 Å². The Labute approximate surface area is 174 Å². The first-order chi connectivity index (χ1) is 9.95. The molecule has 0 amide bonds. The van der Waals surface area contributed by atoms with Gasteiger partial charge in [-0.05, 0) is 11.6 Å². The van der Waals surface area contributed by atoms with Crippen molar-refractivity contribution in [1.29, 1.82) is 0 Å². The van der Waals surface area contributed by atoms with Crippen LogP contribution in [0.2, 0.25) is 0 Å². The summed E-state index contributed by atoms with van der Waals surface area (Å²) in [4.78, 5) is -0.618. The maximum Gasteiger partial charge on any atom is 1.00 e. The average Bonchev–Trinajstić information content (AvgIpc) is 2.87. The molecule has 0 saturated heterocycles. The van der Waals surface area contributed by atoms with Crippen molar-refractivity contribution in [3.8, 4) is 17.2 Å². The van der Waals surface area contributed by atoms with E-state index in [-0.39, 0.29) is 70.5 Å². The molecule has 2 aromatic rings. The fourth-order valence-electron chi connectivity index (χ4n) is 2.14. The maximum absolute atomic E-state index is 11.1. The summed E-state index contributed by atoms with van der Waals surface area (Å²) in [5.74, 6) is 0.784. The number of ether oxygens (including phenoxy) is 2. The third-order valence-electron chi connectivity index (χ3n) is 3.11. The van der Waals surface area contributed by atoms with Crippen LogP contribution in [0, 0.1) is 0 Å². The van der Waals surface area contributed by atoms with Gasteiger partial charge in [0, 0.05) is 17.2 Å². The van der Waals surface area contributed by atoms with Gasteiger partial charge in [0.25, 0.3) is 0 Å². The largest absolute Gasteiger partial charge is 1.00 e. The number of hydrogen-bond donors (Lipinski definition) is 1. The Hall–Kier alpha value is -0.134. The summed E-state index contributed by atoms with van der Waals surface area (Å²) in [6, 6.07) is 4.05. The van der Waals surface area contributed by atoms with E-state index < -0.39 is 20.8 Å². The van der Waals surface area contributed by atoms with Gasteiger partial charge in [-0.2, -0.15) is 0 Å². The summed E-state index contributed by atoms with van der Waals surface area (Å²) >= 11 is 1.45. The van der Waals surface area contributed by atoms with Crippen LogP contribution in [0.15, 0.2) is 33.9 Å². The van der Waals surface area contributed by atoms with Gasteiger partial charge in [-0.25, -0.2) is 8.42 Å². The molecule has 1 aromatic carbocycles. The van der Waals surface area contributed by atoms with Crippen LogP contribution in [-0.2, 0) is 16.5 Å². The zero-order valence-corrected chi connectivity index (χ0v) is 16.4. The predicted octanol–water partition coefficient (Wildman–Crippen LogP) is -1.26. The Bertz CT molecular complexity index is 771. The summed E-state index contributed by atoms with van der Waals surface area (Å²) in [5, 5.41) is 13.6. The quantitative estimate of drug-likeness (QED) is 0.538. The number of benzene rings is 1. The Kier molecular flexibility index (Phi) is 5.94. The van der Waals surface area contributed by atoms with E-state index in [0.29, 0.717) is 17.1 Å². The molecule has 9 heteroatoms. The molecule has 0 aliphatic carbocycles. The van der Waals surface area contributed by atoms with E-state index in [4.69, 9.17) is 9.47 Å². The van der Waals surface area contributed by atoms with Gasteiger partial charge in [0.15, 0.2) is 11.5 Å². The van der Waals surface area contributed by atoms with Crippen LogP contribution in [0.3, 0.4) is 0 Å². The van der Waals surface area contributed by atoms with Gasteiger partial charge in [0.1, 0.15) is 28.6 Å². The van der Waals surface area contributed by atoms with Gasteiger partial charge in [0.05, 0.1) is 4.90 Å². The zero-order valence-electron chi connectivity index (χ0n) is 11.7. The Balaban J connectivity index is 0.00000176. The van der Waals surface area contributed by atoms with E-state index >= 15 is 0 Å². The number of thiophene rings is 1. The van der Waals surface area contributed by atoms with Crippen LogP contribution in [0.5, 0.6) is 17.2 Å². The molecule has 1 atom stereocenters. The first-order valence-electron chi connectivity index (χ1n) is 6.07. The van der Waals surface area contributed by atoms with Gasteiger partial charge >= 0.3 is 51.4 Å². The molecule has 22 heavy (non-hydrogen) atoms. The van der Waals surface area contributed by atoms with Crippen LogP contribution in [0.4, 0.5) is 0 Å². The van der Waals surface area contributed by atoms with Crippen LogP contribution in [0.25, 0.3) is 0 Å². The van der Waals surface area contributed by atoms with Crippen molar-refractivity contribution in [1.82, 2.24) is 0 Å². The van der Waals surface area contributed by atoms with Crippen LogP contribution in [0.1, 0.15) is 5.56 Å². The number of hydrogen-bond acceptors (Lipinski definition) is 7. The first kappa shape index (κ1) is 18.2. The second-order valence-electron chi connectivity index (χ2n) is 4.57. The summed E-state index contributed by atoms with van der Waals surface area (Å²) in [6.45, 7) is 0.289. The normalized spacial score (nSPS) is 16.9. The number of rotatable bonds is 3. The smallest absolute Gasteiger partial charge is 0.744 e. The standard InChI is InChI=1S/C13H12O6S2.K/c14-13-8(2-1-3-12(13)21(15,16)17)4-9-5-18-10-6-20-7-11(10)19-9;/h1-3,6-7,9,14H,4-5H2,(H,15,16,17);/q;+1/p-1. The molecule has 1 N–H and O–H groups in total. The molecule has 1 aliphatic rings. The molecule has 1 aromatic heterocycles. The molecule has 6 nitrogen and oxygen atoms in total. The fourth-order valence-corrected chi connectivity index (χ4v) is 3.43. The van der Waals surface area contributed by atoms with Crippen molar-refractivity contribution in [2.24, 2.45) is 0 Å². The van der Waals surface area contributed by atoms with Gasteiger partial charge in [-0.3, -0.25) is 0 Å². The van der Waals surface area contributed by atoms with E-state index in [0.717, 1.165) is 6.07 Å². The average molecular weight is 366 g/mol. The Morgan fingerprint density at radius 2 is 2.05 bits per heavy atom. The third-order valence-corrected chi connectivity index (χ3v) is 4.68. The molecular formula is C13H11KO6S2. The molecule has 0 saturated carbocycles. The molecule has 0 spiro atoms. The molecular weight excluding hydrogens is 355 g/mol. The van der Waals surface area contributed by atoms with Crippen LogP contribution < -0.4 is 60.9 Å². The maximum atomic E-state index is 11.1. The van der Waals surface area contributed by atoms with Crippen molar-refractivity contribution in [2.45, 2.75) is 17.4 Å². The number of phenols is 1. The van der Waals surface area contributed by atoms with Crippen molar-refractivity contribution in [3.63, 3.8) is 0 Å². The van der Waals surface area contributed by atoms with Crippen LogP contribution in [-0.4, -0.2) is 30.8 Å². The van der Waals surface area contributed by atoms with Gasteiger partial charge in [-0.15, -0.1) is 11.3 Å². The molecule has 2 heterocycles. The van der Waals surface area contributed by atoms with Crippen molar-refractivity contribution in [2.75, 3.05) is 6.61 Å². The number of phenolic OH excluding ortho intramolecular Hbond substituents is 1. The van der Waals surface area contributed by atoms with E-state index in [1.165, 1.54) is 17.4 Å². The van der Waals surface area contributed by atoms with E-state index in [2.05, 4.69) is 0 Å². The van der Waals surface area contributed by atoms with Crippen molar-refractivity contribution >= 4 is 21.5 Å². The molecule has 0 radical (unpaired) electrons. The monoisotopic (exact) mass is 366 g/mol. The van der Waals surface area contributed by atoms with E-state index in [1.54, 1.807) is 11.4 Å². The molecule has 0 bridgehead atoms. The van der Waals surface area contributed by atoms with E-state index in [1.807, 2.05) is 5.38 Å². The second kappa shape index (κ2) is 7.18. The zero-order chi connectivity index (χ0) is 15.0. The summed E-state index contributed by atoms with van der Waals surface area (Å²) in [6.07, 6.45) is -0.118. The minimum atomic E-state index is -4.71. The third kappa shape index (κ3) is 3.85. The van der Waals surface area contributed by atoms with Crippen molar-refractivity contribution < 1.29 is 78.9 Å². The Morgan fingerprint density at radius 3 is 2.77 bits per heavy atom. The molecule has 1 unspecified atom stereocenters. The molecule has 1 aliphatic heterocycles. The second-order valence-corrected chi connectivity index (χ2v) is 6.66. The number of para-hydroxylation sites is 1. The molecule has 112 valence electrons. The van der Waals surface area contributed by atoms with Gasteiger partial charge in [-0.1, -0.05) is 12.1 Å². The SMILES string of the molecule is O=S(=O)([O-])c1cccc(CC2COc3cscc3O2)c1O.[K+]. The minimum Gasteiger partial charge on any atom is -0.744 e. The summed E-state index contributed by atoms with van der Waals surface area (Å²) < 4.78 is 44.4. The summed E-state index contributed by atoms with van der Waals surface area (Å²) in [7, 11) is -4.71. The first-order valence-corrected chi connectivity index (χ1v) is 8.42. The summed E-state index contributed by atoms with van der Waals surface area (Å²) in [5.41, 5.74) is 0.333. The Morgan fingerprint density at radius 1 is 1.32 bits per heavy atom. The van der Waals surface area contributed by atoms with Gasteiger partial charge < -0.3 is 19.1 Å². The van der Waals surface area contributed by atoms with Gasteiger partial charge in [0.2, 0.25) is 0 Å². The molecule has 0 fully saturated rings. The number of aromatic hydroxyl groups is 1. The fraction of sp³-hybridized carbons (Fsp3) is 0.231. The van der Waals surface area contributed by atoms with Crippen LogP contribution >= 0.6 is 11.3 Å². The predicted molar refractivity (Wildman–Crippen MR) is 74.0 cm³/mol.